The van der Waals surface area contributed by atoms with Crippen molar-refractivity contribution in [2.75, 3.05) is 13.2 Å². The predicted molar refractivity (Wildman–Crippen MR) is 145 cm³/mol. The van der Waals surface area contributed by atoms with E-state index < -0.39 is 6.04 Å². The van der Waals surface area contributed by atoms with E-state index in [0.29, 0.717) is 23.7 Å². The summed E-state index contributed by atoms with van der Waals surface area (Å²) in [6.45, 7) is 6.69. The number of ether oxygens (including phenoxy) is 1. The van der Waals surface area contributed by atoms with Crippen LogP contribution in [0.1, 0.15) is 42.0 Å². The molecule has 6 heteroatoms. The minimum Gasteiger partial charge on any atom is -0.483 e. The highest BCUT2D eigenvalue weighted by Gasteiger charge is 2.30. The average Bonchev–Trinajstić information content (AvgIpc) is 2.86. The zero-order valence-corrected chi connectivity index (χ0v) is 22.1. The lowest BCUT2D eigenvalue weighted by atomic mass is 10.0. The lowest BCUT2D eigenvalue weighted by molar-refractivity contribution is -0.142. The molecule has 0 aromatic heterocycles. The van der Waals surface area contributed by atoms with Crippen molar-refractivity contribution in [3.63, 3.8) is 0 Å². The van der Waals surface area contributed by atoms with E-state index in [1.807, 2.05) is 80.6 Å². The second kappa shape index (κ2) is 13.7. The van der Waals surface area contributed by atoms with Crippen molar-refractivity contribution in [3.8, 4) is 5.75 Å². The Morgan fingerprint density at radius 3 is 2.42 bits per heavy atom. The summed E-state index contributed by atoms with van der Waals surface area (Å²) in [5.74, 6) is 0.222. The van der Waals surface area contributed by atoms with Gasteiger partial charge in [0.2, 0.25) is 5.91 Å². The van der Waals surface area contributed by atoms with Crippen molar-refractivity contribution in [3.05, 3.63) is 100 Å². The fourth-order valence-electron chi connectivity index (χ4n) is 4.08. The number of nitrogens with zero attached hydrogens (tertiary/aromatic N) is 1. The molecule has 0 radical (unpaired) electrons. The Morgan fingerprint density at radius 2 is 1.72 bits per heavy atom. The number of hydrogen-bond acceptors (Lipinski definition) is 3. The van der Waals surface area contributed by atoms with Crippen molar-refractivity contribution < 1.29 is 14.3 Å². The molecule has 1 N–H and O–H groups in total. The van der Waals surface area contributed by atoms with Crippen molar-refractivity contribution in [1.29, 1.82) is 0 Å². The zero-order valence-electron chi connectivity index (χ0n) is 21.3. The molecule has 1 atom stereocenters. The highest BCUT2D eigenvalue weighted by atomic mass is 35.5. The number of benzene rings is 3. The Labute approximate surface area is 219 Å². The summed E-state index contributed by atoms with van der Waals surface area (Å²) in [4.78, 5) is 28.7. The van der Waals surface area contributed by atoms with Crippen LogP contribution >= 0.6 is 11.6 Å². The number of carbonyl (C=O) groups excluding carboxylic acids is 2. The molecule has 3 aromatic carbocycles. The van der Waals surface area contributed by atoms with Crippen LogP contribution in [0.25, 0.3) is 0 Å². The summed E-state index contributed by atoms with van der Waals surface area (Å²) in [6, 6.07) is 22.3. The first-order chi connectivity index (χ1) is 17.4. The summed E-state index contributed by atoms with van der Waals surface area (Å²) in [5.41, 5.74) is 3.91. The van der Waals surface area contributed by atoms with Crippen LogP contribution in [0.2, 0.25) is 5.02 Å². The third-order valence-corrected chi connectivity index (χ3v) is 6.26. The quantitative estimate of drug-likeness (QED) is 0.311. The Hall–Kier alpha value is -3.31. The highest BCUT2D eigenvalue weighted by molar-refractivity contribution is 6.30. The van der Waals surface area contributed by atoms with Crippen LogP contribution < -0.4 is 10.1 Å². The molecule has 0 fully saturated rings. The summed E-state index contributed by atoms with van der Waals surface area (Å²) < 4.78 is 5.93. The molecule has 0 unspecified atom stereocenters. The average molecular weight is 507 g/mol. The first-order valence-electron chi connectivity index (χ1n) is 12.4. The maximum absolute atomic E-state index is 13.6. The molecule has 3 rings (SSSR count). The Bertz CT molecular complexity index is 1150. The number of hydrogen-bond donors (Lipinski definition) is 1. The third-order valence-electron chi connectivity index (χ3n) is 6.02. The predicted octanol–water partition coefficient (Wildman–Crippen LogP) is 5.89. The van der Waals surface area contributed by atoms with E-state index in [9.17, 15) is 9.59 Å². The van der Waals surface area contributed by atoms with Crippen LogP contribution in [0, 0.1) is 13.8 Å². The maximum Gasteiger partial charge on any atom is 0.261 e. The van der Waals surface area contributed by atoms with Gasteiger partial charge in [-0.05, 0) is 55.2 Å². The van der Waals surface area contributed by atoms with Crippen molar-refractivity contribution >= 4 is 23.4 Å². The maximum atomic E-state index is 13.6. The van der Waals surface area contributed by atoms with Crippen LogP contribution in [-0.2, 0) is 22.6 Å². The second-order valence-corrected chi connectivity index (χ2v) is 9.50. The topological polar surface area (TPSA) is 58.6 Å². The number of nitrogens with one attached hydrogen (secondary N) is 1. The molecule has 0 aliphatic heterocycles. The molecule has 0 spiro atoms. The van der Waals surface area contributed by atoms with Gasteiger partial charge < -0.3 is 15.0 Å². The molecule has 0 saturated carbocycles. The number of unbranched alkanes of at least 4 members (excludes halogenated alkanes) is 1. The fraction of sp³-hybridized carbons (Fsp3) is 0.333. The van der Waals surface area contributed by atoms with E-state index in [0.717, 1.165) is 35.1 Å². The van der Waals surface area contributed by atoms with Crippen molar-refractivity contribution in [2.45, 2.75) is 52.6 Å². The molecule has 190 valence electrons. The van der Waals surface area contributed by atoms with Crippen LogP contribution in [0.4, 0.5) is 0 Å². The molecule has 3 aromatic rings. The van der Waals surface area contributed by atoms with Crippen LogP contribution in [0.15, 0.2) is 72.8 Å². The molecule has 0 heterocycles. The number of amides is 2. The Kier molecular flexibility index (Phi) is 10.4. The molecule has 36 heavy (non-hydrogen) atoms. The molecular formula is C30H35ClN2O3. The Morgan fingerprint density at radius 1 is 0.972 bits per heavy atom. The van der Waals surface area contributed by atoms with Crippen molar-refractivity contribution in [1.82, 2.24) is 10.2 Å². The van der Waals surface area contributed by atoms with Gasteiger partial charge >= 0.3 is 0 Å². The smallest absolute Gasteiger partial charge is 0.261 e. The van der Waals surface area contributed by atoms with Gasteiger partial charge in [0.15, 0.2) is 6.61 Å². The first kappa shape index (κ1) is 27.3. The van der Waals surface area contributed by atoms with Gasteiger partial charge in [-0.2, -0.15) is 0 Å². The highest BCUT2D eigenvalue weighted by Crippen LogP contribution is 2.21. The fourth-order valence-corrected chi connectivity index (χ4v) is 4.29. The molecular weight excluding hydrogens is 472 g/mol. The van der Waals surface area contributed by atoms with E-state index in [1.165, 1.54) is 0 Å². The van der Waals surface area contributed by atoms with Gasteiger partial charge in [-0.3, -0.25) is 9.59 Å². The number of rotatable bonds is 12. The third kappa shape index (κ3) is 8.13. The number of aryl methyl sites for hydroxylation is 2. The van der Waals surface area contributed by atoms with Gasteiger partial charge in [-0.1, -0.05) is 85.1 Å². The van der Waals surface area contributed by atoms with Gasteiger partial charge in [0.05, 0.1) is 0 Å². The van der Waals surface area contributed by atoms with E-state index in [1.54, 1.807) is 11.0 Å². The van der Waals surface area contributed by atoms with E-state index in [2.05, 4.69) is 12.2 Å². The van der Waals surface area contributed by atoms with Gasteiger partial charge in [-0.15, -0.1) is 0 Å². The monoisotopic (exact) mass is 506 g/mol. The molecule has 5 nitrogen and oxygen atoms in total. The minimum atomic E-state index is -0.696. The van der Waals surface area contributed by atoms with Gasteiger partial charge in [0.1, 0.15) is 11.8 Å². The summed E-state index contributed by atoms with van der Waals surface area (Å²) in [7, 11) is 0. The van der Waals surface area contributed by atoms with E-state index >= 15 is 0 Å². The number of carbonyl (C=O) groups is 2. The molecule has 0 aliphatic carbocycles. The Balaban J connectivity index is 1.89. The summed E-state index contributed by atoms with van der Waals surface area (Å²) in [6.07, 6.45) is 2.25. The standard InChI is InChI=1S/C30H35ClN2O3/c1-4-5-16-32-30(35)27(19-24-10-7-6-8-11-24)33(20-25-12-9-13-26(31)18-25)29(34)21-36-28-15-14-22(2)17-23(28)3/h6-15,17-18,27H,4-5,16,19-21H2,1-3H3,(H,32,35)/t27-/m0/s1. The molecule has 0 saturated heterocycles. The van der Waals surface area contributed by atoms with E-state index in [4.69, 9.17) is 16.3 Å². The minimum absolute atomic E-state index is 0.169. The van der Waals surface area contributed by atoms with Crippen LogP contribution in [0.5, 0.6) is 5.75 Å². The lowest BCUT2D eigenvalue weighted by Crippen LogP contribution is -2.51. The SMILES string of the molecule is CCCCNC(=O)[C@H](Cc1ccccc1)N(Cc1cccc(Cl)c1)C(=O)COc1ccc(C)cc1C. The van der Waals surface area contributed by atoms with Crippen LogP contribution in [-0.4, -0.2) is 35.9 Å². The largest absolute Gasteiger partial charge is 0.483 e. The van der Waals surface area contributed by atoms with Crippen molar-refractivity contribution in [2.24, 2.45) is 0 Å². The van der Waals surface area contributed by atoms with Crippen LogP contribution in [0.3, 0.4) is 0 Å². The van der Waals surface area contributed by atoms with Gasteiger partial charge in [0, 0.05) is 24.5 Å². The number of halogens is 1. The second-order valence-electron chi connectivity index (χ2n) is 9.06. The summed E-state index contributed by atoms with van der Waals surface area (Å²) in [5, 5.41) is 3.61. The van der Waals surface area contributed by atoms with Gasteiger partial charge in [-0.25, -0.2) is 0 Å². The molecule has 0 bridgehead atoms. The zero-order chi connectivity index (χ0) is 25.9. The molecule has 2 amide bonds. The van der Waals surface area contributed by atoms with Gasteiger partial charge in [0.25, 0.3) is 5.91 Å². The normalized spacial score (nSPS) is 11.6. The van der Waals surface area contributed by atoms with E-state index in [-0.39, 0.29) is 25.0 Å². The molecule has 0 aliphatic rings. The first-order valence-corrected chi connectivity index (χ1v) is 12.8. The lowest BCUT2D eigenvalue weighted by Gasteiger charge is -2.31. The summed E-state index contributed by atoms with van der Waals surface area (Å²) >= 11 is 6.23.